The maximum absolute atomic E-state index is 12.8. The molecule has 1 aliphatic rings. The Hall–Kier alpha value is -3.09. The van der Waals surface area contributed by atoms with Gasteiger partial charge in [-0.25, -0.2) is 9.78 Å². The maximum atomic E-state index is 12.8. The van der Waals surface area contributed by atoms with Crippen LogP contribution in [0.25, 0.3) is 11.2 Å². The summed E-state index contributed by atoms with van der Waals surface area (Å²) in [5.41, 5.74) is 2.22. The molecule has 0 saturated carbocycles. The van der Waals surface area contributed by atoms with Crippen LogP contribution in [0.1, 0.15) is 30.1 Å². The molecule has 0 aliphatic carbocycles. The maximum Gasteiger partial charge on any atom is 0.330 e. The van der Waals surface area contributed by atoms with Crippen LogP contribution in [0.3, 0.4) is 0 Å². The topological polar surface area (TPSA) is 69.4 Å². The number of piperidine rings is 1. The molecule has 0 spiro atoms. The van der Waals surface area contributed by atoms with Crippen LogP contribution in [0, 0.1) is 5.92 Å². The molecule has 152 valence electrons. The van der Waals surface area contributed by atoms with Gasteiger partial charge in [0.2, 0.25) is 0 Å². The SMILES string of the molecule is CCOc1ccc(C(=O)N2CCC(Cn3c(=O)n(C)c4cccnc43)CC2)cc1. The van der Waals surface area contributed by atoms with Crippen LogP contribution in [0.4, 0.5) is 0 Å². The molecule has 29 heavy (non-hydrogen) atoms. The summed E-state index contributed by atoms with van der Waals surface area (Å²) >= 11 is 0. The lowest BCUT2D eigenvalue weighted by atomic mass is 9.96. The summed E-state index contributed by atoms with van der Waals surface area (Å²) in [5, 5.41) is 0. The molecule has 0 unspecified atom stereocenters. The molecule has 7 heteroatoms. The molecular weight excluding hydrogens is 368 g/mol. The molecule has 3 heterocycles. The summed E-state index contributed by atoms with van der Waals surface area (Å²) in [6.45, 7) is 4.58. The van der Waals surface area contributed by atoms with Crippen molar-refractivity contribution in [2.24, 2.45) is 13.0 Å². The van der Waals surface area contributed by atoms with Gasteiger partial charge >= 0.3 is 5.69 Å². The van der Waals surface area contributed by atoms with Crippen LogP contribution in [-0.4, -0.2) is 44.6 Å². The first-order valence-corrected chi connectivity index (χ1v) is 10.1. The number of hydrogen-bond donors (Lipinski definition) is 0. The molecule has 0 radical (unpaired) electrons. The Bertz CT molecular complexity index is 1060. The van der Waals surface area contributed by atoms with Crippen LogP contribution in [0.15, 0.2) is 47.4 Å². The standard InChI is InChI=1S/C22H26N4O3/c1-3-29-18-8-6-17(7-9-18)21(27)25-13-10-16(11-14-25)15-26-20-19(5-4-12-23-20)24(2)22(26)28/h4-9,12,16H,3,10-11,13-15H2,1-2H3. The Morgan fingerprint density at radius 2 is 1.90 bits per heavy atom. The zero-order valence-electron chi connectivity index (χ0n) is 16.9. The molecule has 3 aromatic rings. The van der Waals surface area contributed by atoms with Gasteiger partial charge in [-0.1, -0.05) is 0 Å². The lowest BCUT2D eigenvalue weighted by Gasteiger charge is -2.32. The van der Waals surface area contributed by atoms with E-state index in [1.807, 2.05) is 48.2 Å². The van der Waals surface area contributed by atoms with Crippen LogP contribution in [-0.2, 0) is 13.6 Å². The Morgan fingerprint density at radius 1 is 1.17 bits per heavy atom. The molecule has 1 saturated heterocycles. The highest BCUT2D eigenvalue weighted by Crippen LogP contribution is 2.22. The summed E-state index contributed by atoms with van der Waals surface area (Å²) in [7, 11) is 1.78. The van der Waals surface area contributed by atoms with E-state index in [0.717, 1.165) is 29.8 Å². The number of benzene rings is 1. The number of pyridine rings is 1. The van der Waals surface area contributed by atoms with E-state index in [-0.39, 0.29) is 11.6 Å². The van der Waals surface area contributed by atoms with Gasteiger partial charge in [-0.3, -0.25) is 13.9 Å². The molecule has 4 rings (SSSR count). The minimum Gasteiger partial charge on any atom is -0.494 e. The predicted octanol–water partition coefficient (Wildman–Crippen LogP) is 2.69. The van der Waals surface area contributed by atoms with Gasteiger partial charge in [0.15, 0.2) is 5.65 Å². The Labute approximate surface area is 169 Å². The molecule has 1 fully saturated rings. The number of rotatable bonds is 5. The first-order valence-electron chi connectivity index (χ1n) is 10.1. The number of carbonyl (C=O) groups excluding carboxylic acids is 1. The van der Waals surface area contributed by atoms with Crippen molar-refractivity contribution in [3.63, 3.8) is 0 Å². The molecule has 1 aliphatic heterocycles. The van der Waals surface area contributed by atoms with Crippen molar-refractivity contribution in [1.29, 1.82) is 0 Å². The minimum absolute atomic E-state index is 0.0356. The van der Waals surface area contributed by atoms with E-state index >= 15 is 0 Å². The van der Waals surface area contributed by atoms with Gasteiger partial charge < -0.3 is 9.64 Å². The van der Waals surface area contributed by atoms with Gasteiger partial charge in [0, 0.05) is 38.4 Å². The number of hydrogen-bond acceptors (Lipinski definition) is 4. The predicted molar refractivity (Wildman–Crippen MR) is 111 cm³/mol. The number of nitrogens with zero attached hydrogens (tertiary/aromatic N) is 4. The second kappa shape index (κ2) is 8.11. The molecule has 0 atom stereocenters. The van der Waals surface area contributed by atoms with Gasteiger partial charge in [-0.2, -0.15) is 0 Å². The lowest BCUT2D eigenvalue weighted by molar-refractivity contribution is 0.0683. The fourth-order valence-electron chi connectivity index (χ4n) is 4.02. The molecule has 2 aromatic heterocycles. The third kappa shape index (κ3) is 3.77. The summed E-state index contributed by atoms with van der Waals surface area (Å²) in [6.07, 6.45) is 3.47. The van der Waals surface area contributed by atoms with Crippen LogP contribution < -0.4 is 10.4 Å². The number of fused-ring (bicyclic) bond motifs is 1. The van der Waals surface area contributed by atoms with Crippen molar-refractivity contribution in [2.75, 3.05) is 19.7 Å². The molecule has 0 bridgehead atoms. The second-order valence-corrected chi connectivity index (χ2v) is 7.49. The van der Waals surface area contributed by atoms with Gasteiger partial charge in [-0.15, -0.1) is 0 Å². The summed E-state index contributed by atoms with van der Waals surface area (Å²) < 4.78 is 8.85. The van der Waals surface area contributed by atoms with Crippen LogP contribution >= 0.6 is 0 Å². The summed E-state index contributed by atoms with van der Waals surface area (Å²) in [4.78, 5) is 31.7. The van der Waals surface area contributed by atoms with Crippen LogP contribution in [0.2, 0.25) is 0 Å². The minimum atomic E-state index is -0.0356. The summed E-state index contributed by atoms with van der Waals surface area (Å²) in [6, 6.07) is 11.1. The van der Waals surface area contributed by atoms with Gasteiger partial charge in [0.25, 0.3) is 5.91 Å². The van der Waals surface area contributed by atoms with E-state index in [9.17, 15) is 9.59 Å². The van der Waals surface area contributed by atoms with Gasteiger partial charge in [-0.05, 0) is 62.1 Å². The lowest BCUT2D eigenvalue weighted by Crippen LogP contribution is -2.40. The van der Waals surface area contributed by atoms with Crippen molar-refractivity contribution >= 4 is 17.1 Å². The zero-order chi connectivity index (χ0) is 20.4. The van der Waals surface area contributed by atoms with E-state index < -0.39 is 0 Å². The quantitative estimate of drug-likeness (QED) is 0.667. The first-order chi connectivity index (χ1) is 14.1. The normalized spacial score (nSPS) is 15.0. The van der Waals surface area contributed by atoms with Crippen molar-refractivity contribution in [2.45, 2.75) is 26.3 Å². The fraction of sp³-hybridized carbons (Fsp3) is 0.409. The van der Waals surface area contributed by atoms with E-state index in [2.05, 4.69) is 4.98 Å². The van der Waals surface area contributed by atoms with Crippen molar-refractivity contribution in [3.05, 3.63) is 58.6 Å². The highest BCUT2D eigenvalue weighted by atomic mass is 16.5. The molecule has 1 aromatic carbocycles. The number of aryl methyl sites for hydroxylation is 1. The fourth-order valence-corrected chi connectivity index (χ4v) is 4.02. The Balaban J connectivity index is 1.40. The van der Waals surface area contributed by atoms with Crippen molar-refractivity contribution in [3.8, 4) is 5.75 Å². The zero-order valence-corrected chi connectivity index (χ0v) is 16.9. The molecule has 1 amide bonds. The largest absolute Gasteiger partial charge is 0.494 e. The summed E-state index contributed by atoms with van der Waals surface area (Å²) in [5.74, 6) is 1.18. The molecule has 0 N–H and O–H groups in total. The van der Waals surface area contributed by atoms with Crippen molar-refractivity contribution < 1.29 is 9.53 Å². The van der Waals surface area contributed by atoms with E-state index in [1.165, 1.54) is 0 Å². The monoisotopic (exact) mass is 394 g/mol. The second-order valence-electron chi connectivity index (χ2n) is 7.49. The number of amides is 1. The molecular formula is C22H26N4O3. The van der Waals surface area contributed by atoms with E-state index in [4.69, 9.17) is 4.74 Å². The molecule has 7 nitrogen and oxygen atoms in total. The number of aromatic nitrogens is 3. The highest BCUT2D eigenvalue weighted by Gasteiger charge is 2.25. The number of carbonyl (C=O) groups is 1. The average molecular weight is 394 g/mol. The van der Waals surface area contributed by atoms with Crippen LogP contribution in [0.5, 0.6) is 5.75 Å². The number of ether oxygens (including phenoxy) is 1. The smallest absolute Gasteiger partial charge is 0.330 e. The van der Waals surface area contributed by atoms with Gasteiger partial charge in [0.05, 0.1) is 12.1 Å². The first kappa shape index (κ1) is 19.2. The third-order valence-corrected chi connectivity index (χ3v) is 5.66. The Kier molecular flexibility index (Phi) is 5.38. The van der Waals surface area contributed by atoms with E-state index in [1.54, 1.807) is 22.4 Å². The average Bonchev–Trinajstić information content (AvgIpc) is 3.00. The van der Waals surface area contributed by atoms with E-state index in [0.29, 0.717) is 37.7 Å². The number of likely N-dealkylation sites (tertiary alicyclic amines) is 1. The number of imidazole rings is 1. The van der Waals surface area contributed by atoms with Gasteiger partial charge in [0.1, 0.15) is 5.75 Å². The third-order valence-electron chi connectivity index (χ3n) is 5.66. The highest BCUT2D eigenvalue weighted by molar-refractivity contribution is 5.94. The Morgan fingerprint density at radius 3 is 2.59 bits per heavy atom. The van der Waals surface area contributed by atoms with Crippen molar-refractivity contribution in [1.82, 2.24) is 19.0 Å².